The zero-order valence-electron chi connectivity index (χ0n) is 21.4. The molecule has 4 atom stereocenters. The van der Waals surface area contributed by atoms with Gasteiger partial charge in [-0.25, -0.2) is 18.7 Å². The van der Waals surface area contributed by atoms with Crippen LogP contribution in [0.5, 0.6) is 0 Å². The minimum absolute atomic E-state index is 0.00656. The summed E-state index contributed by atoms with van der Waals surface area (Å²) < 4.78 is 68.2. The highest BCUT2D eigenvalue weighted by Crippen LogP contribution is 2.39. The molecule has 4 rings (SSSR count). The number of aliphatic hydroxyl groups excluding tert-OH is 1. The molecule has 3 heterocycles. The Labute approximate surface area is 226 Å². The predicted molar refractivity (Wildman–Crippen MR) is 135 cm³/mol. The topological polar surface area (TPSA) is 107 Å². The van der Waals surface area contributed by atoms with E-state index in [4.69, 9.17) is 0 Å². The molecule has 0 radical (unpaired) electrons. The van der Waals surface area contributed by atoms with Crippen LogP contribution in [-0.4, -0.2) is 68.7 Å². The third-order valence-electron chi connectivity index (χ3n) is 7.12. The van der Waals surface area contributed by atoms with Crippen LogP contribution < -0.4 is 10.6 Å². The lowest BCUT2D eigenvalue weighted by Crippen LogP contribution is -2.35. The first-order valence-corrected chi connectivity index (χ1v) is 13.6. The standard InChI is InChI=1S/C25H30F5N5O3S/c1-3-17(25(28,29)30)33-18-10-15(21(26)27)16(11-31-18)20-19(24(38)35-8-4-5-12(35)2)34-23(39-20)22(37)32-13-6-7-14(36)9-13/h10-14,17,21,36H,3-9H2,1-2H3,(H,31,33)(H,32,37)/t12-,13-,14-,17-/m0/s1. The van der Waals surface area contributed by atoms with Crippen molar-refractivity contribution < 1.29 is 36.6 Å². The van der Waals surface area contributed by atoms with E-state index in [0.717, 1.165) is 36.4 Å². The second-order valence-corrected chi connectivity index (χ2v) is 10.9. The summed E-state index contributed by atoms with van der Waals surface area (Å²) >= 11 is 0.746. The highest BCUT2D eigenvalue weighted by Gasteiger charge is 2.39. The van der Waals surface area contributed by atoms with Crippen molar-refractivity contribution >= 4 is 29.0 Å². The van der Waals surface area contributed by atoms with Gasteiger partial charge in [-0.15, -0.1) is 11.3 Å². The number of halogens is 5. The molecule has 2 aliphatic rings. The summed E-state index contributed by atoms with van der Waals surface area (Å²) in [5.41, 5.74) is -1.00. The third kappa shape index (κ3) is 6.48. The fourth-order valence-corrected chi connectivity index (χ4v) is 5.96. The maximum Gasteiger partial charge on any atom is 0.408 e. The van der Waals surface area contributed by atoms with Crippen LogP contribution >= 0.6 is 11.3 Å². The molecule has 2 aromatic rings. The van der Waals surface area contributed by atoms with E-state index in [2.05, 4.69) is 20.6 Å². The normalized spacial score (nSPS) is 22.4. The van der Waals surface area contributed by atoms with Gasteiger partial charge in [0.2, 0.25) is 0 Å². The largest absolute Gasteiger partial charge is 0.408 e. The van der Waals surface area contributed by atoms with Crippen LogP contribution in [0.2, 0.25) is 0 Å². The Hall–Kier alpha value is -2.87. The van der Waals surface area contributed by atoms with Crippen molar-refractivity contribution in [2.24, 2.45) is 0 Å². The van der Waals surface area contributed by atoms with Gasteiger partial charge in [0.15, 0.2) is 5.01 Å². The number of likely N-dealkylation sites (tertiary alicyclic amines) is 1. The molecular weight excluding hydrogens is 545 g/mol. The van der Waals surface area contributed by atoms with Crippen LogP contribution in [-0.2, 0) is 0 Å². The monoisotopic (exact) mass is 575 g/mol. The van der Waals surface area contributed by atoms with Crippen molar-refractivity contribution in [3.05, 3.63) is 28.5 Å². The minimum Gasteiger partial charge on any atom is -0.393 e. The summed E-state index contributed by atoms with van der Waals surface area (Å²) in [4.78, 5) is 36.2. The molecule has 0 aromatic carbocycles. The van der Waals surface area contributed by atoms with Gasteiger partial charge in [0.25, 0.3) is 18.2 Å². The first kappa shape index (κ1) is 29.1. The molecule has 39 heavy (non-hydrogen) atoms. The molecule has 214 valence electrons. The van der Waals surface area contributed by atoms with Crippen LogP contribution in [0.1, 0.15) is 84.7 Å². The maximum absolute atomic E-state index is 14.2. The molecular formula is C25H30F5N5O3S. The van der Waals surface area contributed by atoms with Crippen LogP contribution in [0.15, 0.2) is 12.3 Å². The van der Waals surface area contributed by atoms with Crippen LogP contribution in [0.3, 0.4) is 0 Å². The van der Waals surface area contributed by atoms with Gasteiger partial charge >= 0.3 is 6.18 Å². The van der Waals surface area contributed by atoms with E-state index < -0.39 is 42.1 Å². The number of rotatable bonds is 8. The highest BCUT2D eigenvalue weighted by atomic mass is 32.1. The number of hydrogen-bond acceptors (Lipinski definition) is 7. The molecule has 3 N–H and O–H groups in total. The molecule has 2 amide bonds. The van der Waals surface area contributed by atoms with Gasteiger partial charge < -0.3 is 20.6 Å². The van der Waals surface area contributed by atoms with Crippen molar-refractivity contribution in [1.29, 1.82) is 0 Å². The molecule has 2 fully saturated rings. The van der Waals surface area contributed by atoms with Crippen LogP contribution in [0.25, 0.3) is 10.4 Å². The number of pyridine rings is 1. The highest BCUT2D eigenvalue weighted by molar-refractivity contribution is 7.17. The number of carbonyl (C=O) groups is 2. The Bertz CT molecular complexity index is 1210. The zero-order chi connectivity index (χ0) is 28.5. The van der Waals surface area contributed by atoms with Gasteiger partial charge in [-0.1, -0.05) is 6.92 Å². The summed E-state index contributed by atoms with van der Waals surface area (Å²) in [6, 6.07) is -1.55. The van der Waals surface area contributed by atoms with Crippen molar-refractivity contribution in [1.82, 2.24) is 20.2 Å². The molecule has 0 bridgehead atoms. The summed E-state index contributed by atoms with van der Waals surface area (Å²) in [5.74, 6) is -1.51. The Morgan fingerprint density at radius 3 is 2.56 bits per heavy atom. The van der Waals surface area contributed by atoms with Crippen LogP contribution in [0, 0.1) is 0 Å². The second-order valence-electron chi connectivity index (χ2n) is 9.93. The second kappa shape index (κ2) is 11.7. The van der Waals surface area contributed by atoms with Crippen molar-refractivity contribution in [3.8, 4) is 10.4 Å². The van der Waals surface area contributed by atoms with E-state index in [1.54, 1.807) is 4.90 Å². The van der Waals surface area contributed by atoms with Gasteiger partial charge in [-0.2, -0.15) is 13.2 Å². The van der Waals surface area contributed by atoms with E-state index in [1.165, 1.54) is 6.92 Å². The van der Waals surface area contributed by atoms with Gasteiger partial charge in [-0.05, 0) is 51.5 Å². The first-order valence-electron chi connectivity index (χ1n) is 12.8. The number of amides is 2. The summed E-state index contributed by atoms with van der Waals surface area (Å²) in [6.07, 6.45) is -4.64. The van der Waals surface area contributed by atoms with Crippen molar-refractivity contribution in [3.63, 3.8) is 0 Å². The quantitative estimate of drug-likeness (QED) is 0.376. The minimum atomic E-state index is -4.61. The molecule has 0 spiro atoms. The van der Waals surface area contributed by atoms with Crippen molar-refractivity contribution in [2.75, 3.05) is 11.9 Å². The molecule has 1 aliphatic carbocycles. The SMILES string of the molecule is CC[C@H](Nc1cc(C(F)F)c(-c2sc(C(=O)N[C@H]3CC[C@H](O)C3)nc2C(=O)N2CCC[C@@H]2C)cn1)C(F)(F)F. The average Bonchev–Trinajstić information content (AvgIpc) is 3.61. The summed E-state index contributed by atoms with van der Waals surface area (Å²) in [7, 11) is 0. The lowest BCUT2D eigenvalue weighted by atomic mass is 10.1. The van der Waals surface area contributed by atoms with E-state index in [-0.39, 0.29) is 45.5 Å². The molecule has 2 aromatic heterocycles. The molecule has 8 nitrogen and oxygen atoms in total. The molecule has 1 saturated carbocycles. The zero-order valence-corrected chi connectivity index (χ0v) is 22.2. The number of aromatic nitrogens is 2. The lowest BCUT2D eigenvalue weighted by Gasteiger charge is -2.22. The van der Waals surface area contributed by atoms with E-state index in [0.29, 0.717) is 25.8 Å². The van der Waals surface area contributed by atoms with Crippen LogP contribution in [0.4, 0.5) is 27.8 Å². The van der Waals surface area contributed by atoms with Gasteiger partial charge in [-0.3, -0.25) is 9.59 Å². The number of carbonyl (C=O) groups excluding carboxylic acids is 2. The third-order valence-corrected chi connectivity index (χ3v) is 8.21. The van der Waals surface area contributed by atoms with E-state index in [9.17, 15) is 36.6 Å². The summed E-state index contributed by atoms with van der Waals surface area (Å²) in [5, 5.41) is 14.6. The maximum atomic E-state index is 14.2. The average molecular weight is 576 g/mol. The Balaban J connectivity index is 1.73. The number of nitrogens with zero attached hydrogens (tertiary/aromatic N) is 3. The Morgan fingerprint density at radius 2 is 2.00 bits per heavy atom. The smallest absolute Gasteiger partial charge is 0.393 e. The van der Waals surface area contributed by atoms with Gasteiger partial charge in [0.1, 0.15) is 17.6 Å². The molecule has 1 saturated heterocycles. The lowest BCUT2D eigenvalue weighted by molar-refractivity contribution is -0.142. The summed E-state index contributed by atoms with van der Waals surface area (Å²) in [6.45, 7) is 3.60. The van der Waals surface area contributed by atoms with Gasteiger partial charge in [0.05, 0.1) is 11.0 Å². The molecule has 1 aliphatic heterocycles. The fraction of sp³-hybridized carbons (Fsp3) is 0.600. The number of nitrogens with one attached hydrogen (secondary N) is 2. The fourth-order valence-electron chi connectivity index (χ4n) is 4.97. The Morgan fingerprint density at radius 1 is 1.26 bits per heavy atom. The Kier molecular flexibility index (Phi) is 8.74. The molecule has 0 unspecified atom stereocenters. The van der Waals surface area contributed by atoms with Gasteiger partial charge in [0, 0.05) is 36.0 Å². The van der Waals surface area contributed by atoms with E-state index in [1.807, 2.05) is 6.92 Å². The number of alkyl halides is 5. The number of thiazole rings is 1. The molecule has 14 heteroatoms. The number of anilines is 1. The predicted octanol–water partition coefficient (Wildman–Crippen LogP) is 5.16. The van der Waals surface area contributed by atoms with E-state index >= 15 is 0 Å². The first-order chi connectivity index (χ1) is 18.4. The van der Waals surface area contributed by atoms with Crippen molar-refractivity contribution in [2.45, 2.75) is 89.2 Å². The number of aliphatic hydroxyl groups is 1. The number of hydrogen-bond donors (Lipinski definition) is 3.